The molecule has 276 valence electrons. The van der Waals surface area contributed by atoms with Crippen molar-refractivity contribution in [2.75, 3.05) is 14.7 Å². The van der Waals surface area contributed by atoms with Gasteiger partial charge in [-0.1, -0.05) is 97.1 Å². The Balaban J connectivity index is 1.23. The van der Waals surface area contributed by atoms with E-state index in [-0.39, 0.29) is 11.4 Å². The van der Waals surface area contributed by atoms with Gasteiger partial charge in [0.05, 0.1) is 17.1 Å². The normalized spacial score (nSPS) is 15.1. The Morgan fingerprint density at radius 3 is 1.72 bits per heavy atom. The van der Waals surface area contributed by atoms with Crippen LogP contribution in [0.1, 0.15) is 22.6 Å². The fourth-order valence-electron chi connectivity index (χ4n) is 9.68. The van der Waals surface area contributed by atoms with Crippen LogP contribution < -0.4 is 35.8 Å². The zero-order valence-corrected chi connectivity index (χ0v) is 30.5. The van der Waals surface area contributed by atoms with Gasteiger partial charge in [-0.25, -0.2) is 13.2 Å². The first-order chi connectivity index (χ1) is 28.5. The molecule has 0 saturated heterocycles. The summed E-state index contributed by atoms with van der Waals surface area (Å²) in [6.07, 6.45) is 0. The van der Waals surface area contributed by atoms with Crippen LogP contribution in [0.15, 0.2) is 164 Å². The van der Waals surface area contributed by atoms with E-state index in [1.807, 2.05) is 142 Å². The molecule has 58 heavy (non-hydrogen) atoms. The third-order valence-electron chi connectivity index (χ3n) is 11.9. The lowest BCUT2D eigenvalue weighted by molar-refractivity contribution is 0.396. The fourth-order valence-corrected chi connectivity index (χ4v) is 9.68. The Morgan fingerprint density at radius 1 is 0.448 bits per heavy atom. The number of hydrogen-bond donors (Lipinski definition) is 0. The second kappa shape index (κ2) is 12.1. The van der Waals surface area contributed by atoms with Crippen LogP contribution in [0.25, 0.3) is 0 Å². The van der Waals surface area contributed by atoms with Gasteiger partial charge >= 0.3 is 0 Å². The summed E-state index contributed by atoms with van der Waals surface area (Å²) in [5.74, 6) is -4.27. The molecule has 9 heteroatoms. The van der Waals surface area contributed by atoms with E-state index < -0.39 is 35.9 Å². The molecule has 12 rings (SSSR count). The summed E-state index contributed by atoms with van der Waals surface area (Å²) in [6, 6.07) is 50.8. The first-order valence-corrected chi connectivity index (χ1v) is 19.1. The van der Waals surface area contributed by atoms with Crippen LogP contribution in [0.4, 0.5) is 68.7 Å². The minimum absolute atomic E-state index is 0.140. The van der Waals surface area contributed by atoms with Crippen molar-refractivity contribution >= 4 is 74.3 Å². The molecule has 4 nitrogen and oxygen atoms in total. The van der Waals surface area contributed by atoms with E-state index >= 15 is 17.6 Å². The molecule has 1 unspecified atom stereocenters. The molecule has 0 spiro atoms. The number of benzene rings is 8. The van der Waals surface area contributed by atoms with Gasteiger partial charge < -0.3 is 19.4 Å². The molecular formula is C49H28BF4N3O. The van der Waals surface area contributed by atoms with Crippen molar-refractivity contribution in [3.05, 3.63) is 204 Å². The van der Waals surface area contributed by atoms with Gasteiger partial charge in [-0.3, -0.25) is 0 Å². The van der Waals surface area contributed by atoms with E-state index in [0.29, 0.717) is 33.8 Å². The Bertz CT molecular complexity index is 3020. The van der Waals surface area contributed by atoms with Gasteiger partial charge in [0, 0.05) is 63.3 Å². The number of fused-ring (bicyclic) bond motifs is 8. The minimum atomic E-state index is -1.05. The van der Waals surface area contributed by atoms with Crippen LogP contribution in [0.3, 0.4) is 0 Å². The molecule has 0 radical (unpaired) electrons. The van der Waals surface area contributed by atoms with Gasteiger partial charge in [0.1, 0.15) is 5.75 Å². The number of ether oxygens (including phenoxy) is 1. The molecule has 4 aliphatic rings. The number of hydrogen-bond acceptors (Lipinski definition) is 4. The molecule has 0 bridgehead atoms. The molecule has 4 heterocycles. The average molecular weight is 762 g/mol. The fraction of sp³-hybridized carbons (Fsp3) is 0.0204. The van der Waals surface area contributed by atoms with Crippen molar-refractivity contribution in [3.63, 3.8) is 0 Å². The summed E-state index contributed by atoms with van der Waals surface area (Å²) in [4.78, 5) is 5.77. The third kappa shape index (κ3) is 4.41. The molecule has 0 amide bonds. The van der Waals surface area contributed by atoms with Crippen molar-refractivity contribution in [2.24, 2.45) is 0 Å². The lowest BCUT2D eigenvalue weighted by atomic mass is 9.33. The van der Waals surface area contributed by atoms with E-state index in [1.54, 1.807) is 6.07 Å². The zero-order valence-electron chi connectivity index (χ0n) is 30.5. The molecule has 0 saturated carbocycles. The van der Waals surface area contributed by atoms with Crippen LogP contribution in [-0.2, 0) is 0 Å². The van der Waals surface area contributed by atoms with Crippen LogP contribution in [0.5, 0.6) is 11.5 Å². The second-order valence-corrected chi connectivity index (χ2v) is 14.9. The predicted octanol–water partition coefficient (Wildman–Crippen LogP) is 11.4. The topological polar surface area (TPSA) is 19.0 Å². The van der Waals surface area contributed by atoms with E-state index in [0.717, 1.165) is 50.5 Å². The Labute approximate surface area is 331 Å². The first kappa shape index (κ1) is 32.9. The first-order valence-electron chi connectivity index (χ1n) is 19.1. The van der Waals surface area contributed by atoms with Gasteiger partial charge in [-0.2, -0.15) is 4.39 Å². The monoisotopic (exact) mass is 761 g/mol. The highest BCUT2D eigenvalue weighted by atomic mass is 19.2. The lowest BCUT2D eigenvalue weighted by Gasteiger charge is -2.46. The largest absolute Gasteiger partial charge is 0.453 e. The van der Waals surface area contributed by atoms with Crippen molar-refractivity contribution in [1.82, 2.24) is 0 Å². The van der Waals surface area contributed by atoms with Crippen LogP contribution in [0, 0.1) is 23.3 Å². The number of para-hydroxylation sites is 5. The number of anilines is 9. The quantitative estimate of drug-likeness (QED) is 0.132. The van der Waals surface area contributed by atoms with Gasteiger partial charge in [0.15, 0.2) is 23.2 Å². The van der Waals surface area contributed by atoms with E-state index in [9.17, 15) is 0 Å². The van der Waals surface area contributed by atoms with Crippen molar-refractivity contribution in [3.8, 4) is 11.5 Å². The predicted molar refractivity (Wildman–Crippen MR) is 222 cm³/mol. The highest BCUT2D eigenvalue weighted by Crippen LogP contribution is 2.60. The standard InChI is InChI=1S/C49H28BF4N3O/c51-35-26-41-45-48(46(35)53)57(30-18-8-3-9-19-30)37-22-12-11-21-33(37)50(45)34-24-32-38(27-39(34)56(41)29-16-6-2-7-17-29)55(28-14-4-1-5-15-28)40-25-36(52)47(54)49-44(40)43(32)31-20-10-13-23-42(31)58-49/h1-27,43H. The Morgan fingerprint density at radius 2 is 1.02 bits per heavy atom. The van der Waals surface area contributed by atoms with Crippen molar-refractivity contribution in [1.29, 1.82) is 0 Å². The van der Waals surface area contributed by atoms with Crippen molar-refractivity contribution in [2.45, 2.75) is 5.92 Å². The smallest absolute Gasteiger partial charge is 0.252 e. The van der Waals surface area contributed by atoms with Gasteiger partial charge in [0.2, 0.25) is 5.82 Å². The molecule has 1 atom stereocenters. The Hall–Kier alpha value is -7.26. The molecule has 4 aliphatic heterocycles. The van der Waals surface area contributed by atoms with Crippen molar-refractivity contribution < 1.29 is 22.3 Å². The second-order valence-electron chi connectivity index (χ2n) is 14.9. The van der Waals surface area contributed by atoms with Gasteiger partial charge in [-0.15, -0.1) is 0 Å². The highest BCUT2D eigenvalue weighted by molar-refractivity contribution is 7.00. The SMILES string of the molecule is Fc1cc2c3c(c1F)Oc1ccccc1C3c1cc3c(cc1N2c1ccccc1)N(c1ccccc1)c1cc(F)c(F)c2c1B3c1ccccc1N2c1ccccc1. The molecular weight excluding hydrogens is 733 g/mol. The maximum Gasteiger partial charge on any atom is 0.252 e. The van der Waals surface area contributed by atoms with Crippen LogP contribution >= 0.6 is 0 Å². The maximum atomic E-state index is 16.9. The minimum Gasteiger partial charge on any atom is -0.453 e. The molecule has 8 aromatic carbocycles. The van der Waals surface area contributed by atoms with E-state index in [1.165, 1.54) is 12.1 Å². The van der Waals surface area contributed by atoms with E-state index in [4.69, 9.17) is 4.74 Å². The zero-order chi connectivity index (χ0) is 38.8. The lowest BCUT2D eigenvalue weighted by Crippen LogP contribution is -2.62. The summed E-state index contributed by atoms with van der Waals surface area (Å²) < 4.78 is 71.4. The summed E-state index contributed by atoms with van der Waals surface area (Å²) >= 11 is 0. The summed E-state index contributed by atoms with van der Waals surface area (Å²) in [6.45, 7) is -0.539. The molecule has 8 aromatic rings. The maximum absolute atomic E-state index is 16.9. The summed E-state index contributed by atoms with van der Waals surface area (Å²) in [7, 11) is 0. The van der Waals surface area contributed by atoms with Gasteiger partial charge in [-0.05, 0) is 76.5 Å². The third-order valence-corrected chi connectivity index (χ3v) is 11.9. The number of halogens is 4. The van der Waals surface area contributed by atoms with Crippen LogP contribution in [-0.4, -0.2) is 6.71 Å². The molecule has 0 aliphatic carbocycles. The number of rotatable bonds is 3. The molecule has 0 aromatic heterocycles. The highest BCUT2D eigenvalue weighted by Gasteiger charge is 2.48. The summed E-state index contributed by atoms with van der Waals surface area (Å²) in [5.41, 5.74) is 10.0. The van der Waals surface area contributed by atoms with Gasteiger partial charge in [0.25, 0.3) is 6.71 Å². The summed E-state index contributed by atoms with van der Waals surface area (Å²) in [5, 5.41) is 0. The van der Waals surface area contributed by atoms with E-state index in [2.05, 4.69) is 18.2 Å². The number of nitrogens with zero attached hydrogens (tertiary/aromatic N) is 3. The average Bonchev–Trinajstić information content (AvgIpc) is 3.27. The Kier molecular flexibility index (Phi) is 6.88. The van der Waals surface area contributed by atoms with Crippen LogP contribution in [0.2, 0.25) is 0 Å². The molecule has 0 N–H and O–H groups in total. The molecule has 0 fully saturated rings.